The van der Waals surface area contributed by atoms with Crippen molar-refractivity contribution in [2.45, 2.75) is 20.8 Å². The van der Waals surface area contributed by atoms with Crippen LogP contribution in [0.1, 0.15) is 18.1 Å². The normalized spacial score (nSPS) is 10.3. The molecule has 0 aliphatic carbocycles. The Morgan fingerprint density at radius 2 is 1.59 bits per heavy atom. The molecule has 0 heterocycles. The molecule has 27 heavy (non-hydrogen) atoms. The van der Waals surface area contributed by atoms with Crippen LogP contribution in [0.25, 0.3) is 0 Å². The summed E-state index contributed by atoms with van der Waals surface area (Å²) < 4.78 is 10.4. The summed E-state index contributed by atoms with van der Waals surface area (Å²) in [6.45, 7) is 5.18. The Hall–Kier alpha value is -2.73. The van der Waals surface area contributed by atoms with Gasteiger partial charge in [0, 0.05) is 24.7 Å². The molecule has 0 radical (unpaired) electrons. The average Bonchev–Trinajstić information content (AvgIpc) is 2.59. The van der Waals surface area contributed by atoms with E-state index in [9.17, 15) is 9.59 Å². The van der Waals surface area contributed by atoms with Gasteiger partial charge in [0.05, 0.1) is 24.9 Å². The molecule has 0 aromatic heterocycles. The number of hydrogen-bond donors (Lipinski definition) is 1. The average molecular weight is 391 g/mol. The van der Waals surface area contributed by atoms with Crippen LogP contribution < -0.4 is 19.7 Å². The number of anilines is 2. The van der Waals surface area contributed by atoms with Gasteiger partial charge in [-0.15, -0.1) is 0 Å². The van der Waals surface area contributed by atoms with Gasteiger partial charge in [-0.25, -0.2) is 0 Å². The fraction of sp³-hybridized carbons (Fsp3) is 0.300. The van der Waals surface area contributed by atoms with E-state index in [2.05, 4.69) is 5.32 Å². The lowest BCUT2D eigenvalue weighted by Crippen LogP contribution is -2.36. The van der Waals surface area contributed by atoms with Crippen molar-refractivity contribution in [1.82, 2.24) is 0 Å². The molecular weight excluding hydrogens is 368 g/mol. The fourth-order valence-corrected chi connectivity index (χ4v) is 3.01. The molecule has 0 unspecified atom stereocenters. The van der Waals surface area contributed by atoms with Crippen molar-refractivity contribution in [3.8, 4) is 11.5 Å². The zero-order valence-electron chi connectivity index (χ0n) is 16.1. The van der Waals surface area contributed by atoms with Crippen molar-refractivity contribution < 1.29 is 19.1 Å². The number of nitrogens with zero attached hydrogens (tertiary/aromatic N) is 1. The number of methoxy groups -OCH3 is 2. The summed E-state index contributed by atoms with van der Waals surface area (Å²) in [5, 5.41) is 3.12. The summed E-state index contributed by atoms with van der Waals surface area (Å²) >= 11 is 6.08. The van der Waals surface area contributed by atoms with E-state index in [1.807, 2.05) is 32.0 Å². The molecule has 0 saturated heterocycles. The van der Waals surface area contributed by atoms with Gasteiger partial charge >= 0.3 is 0 Å². The highest BCUT2D eigenvalue weighted by atomic mass is 35.5. The first kappa shape index (κ1) is 20.6. The lowest BCUT2D eigenvalue weighted by atomic mass is 10.1. The molecule has 2 rings (SSSR count). The number of halogens is 1. The van der Waals surface area contributed by atoms with Crippen LogP contribution >= 0.6 is 11.6 Å². The van der Waals surface area contributed by atoms with Crippen LogP contribution in [-0.4, -0.2) is 32.6 Å². The first-order valence-electron chi connectivity index (χ1n) is 8.33. The highest BCUT2D eigenvalue weighted by molar-refractivity contribution is 6.32. The Morgan fingerprint density at radius 3 is 2.11 bits per heavy atom. The molecule has 0 aliphatic rings. The van der Waals surface area contributed by atoms with Gasteiger partial charge in [-0.2, -0.15) is 0 Å². The predicted octanol–water partition coefficient (Wildman–Crippen LogP) is 3.97. The van der Waals surface area contributed by atoms with Gasteiger partial charge in [-0.05, 0) is 37.1 Å². The van der Waals surface area contributed by atoms with Crippen LogP contribution in [0.15, 0.2) is 30.3 Å². The summed E-state index contributed by atoms with van der Waals surface area (Å²) in [4.78, 5) is 26.1. The fourth-order valence-electron chi connectivity index (χ4n) is 2.78. The first-order valence-corrected chi connectivity index (χ1v) is 8.70. The number of benzene rings is 2. The van der Waals surface area contributed by atoms with Gasteiger partial charge in [-0.1, -0.05) is 17.7 Å². The molecule has 0 atom stereocenters. The van der Waals surface area contributed by atoms with E-state index >= 15 is 0 Å². The van der Waals surface area contributed by atoms with Crippen LogP contribution in [0, 0.1) is 13.8 Å². The summed E-state index contributed by atoms with van der Waals surface area (Å²) in [6.07, 6.45) is 0. The molecule has 0 spiro atoms. The van der Waals surface area contributed by atoms with Crippen molar-refractivity contribution in [2.24, 2.45) is 0 Å². The number of aryl methyl sites for hydroxylation is 2. The molecule has 6 nitrogen and oxygen atoms in total. The van der Waals surface area contributed by atoms with Crippen LogP contribution in [-0.2, 0) is 9.59 Å². The minimum atomic E-state index is -0.368. The Bertz CT molecular complexity index is 847. The molecule has 1 N–H and O–H groups in total. The Kier molecular flexibility index (Phi) is 6.69. The standard InChI is InChI=1S/C20H23ClN2O4/c1-12-6-13(2)8-15(7-12)23(14(3)24)11-20(25)22-17-10-18(26-4)16(21)9-19(17)27-5/h6-10H,11H2,1-5H3,(H,22,25). The molecule has 7 heteroatoms. The second kappa shape index (κ2) is 8.77. The van der Waals surface area contributed by atoms with E-state index in [1.54, 1.807) is 12.1 Å². The van der Waals surface area contributed by atoms with Gasteiger partial charge < -0.3 is 19.7 Å². The van der Waals surface area contributed by atoms with E-state index in [0.29, 0.717) is 27.9 Å². The molecular formula is C20H23ClN2O4. The van der Waals surface area contributed by atoms with Gasteiger partial charge in [-0.3, -0.25) is 9.59 Å². The molecule has 2 aromatic carbocycles. The Balaban J connectivity index is 2.25. The number of ether oxygens (including phenoxy) is 2. The van der Waals surface area contributed by atoms with Crippen LogP contribution in [0.3, 0.4) is 0 Å². The number of hydrogen-bond acceptors (Lipinski definition) is 4. The highest BCUT2D eigenvalue weighted by Gasteiger charge is 2.18. The van der Waals surface area contributed by atoms with E-state index in [1.165, 1.54) is 26.0 Å². The van der Waals surface area contributed by atoms with Gasteiger partial charge in [0.2, 0.25) is 11.8 Å². The van der Waals surface area contributed by atoms with Gasteiger partial charge in [0.25, 0.3) is 0 Å². The van der Waals surface area contributed by atoms with Crippen molar-refractivity contribution >= 4 is 34.8 Å². The zero-order valence-corrected chi connectivity index (χ0v) is 16.8. The lowest BCUT2D eigenvalue weighted by Gasteiger charge is -2.22. The van der Waals surface area contributed by atoms with E-state index in [0.717, 1.165) is 11.1 Å². The summed E-state index contributed by atoms with van der Waals surface area (Å²) in [7, 11) is 2.96. The predicted molar refractivity (Wildman–Crippen MR) is 107 cm³/mol. The second-order valence-corrected chi connectivity index (χ2v) is 6.59. The van der Waals surface area contributed by atoms with Crippen LogP contribution in [0.4, 0.5) is 11.4 Å². The maximum absolute atomic E-state index is 12.6. The van der Waals surface area contributed by atoms with Crippen molar-refractivity contribution in [3.63, 3.8) is 0 Å². The maximum atomic E-state index is 12.6. The van der Waals surface area contributed by atoms with Crippen molar-refractivity contribution in [1.29, 1.82) is 0 Å². The molecule has 0 bridgehead atoms. The van der Waals surface area contributed by atoms with E-state index in [-0.39, 0.29) is 18.4 Å². The van der Waals surface area contributed by atoms with Crippen LogP contribution in [0.2, 0.25) is 5.02 Å². The smallest absolute Gasteiger partial charge is 0.244 e. The molecule has 144 valence electrons. The quantitative estimate of drug-likeness (QED) is 0.810. The lowest BCUT2D eigenvalue weighted by molar-refractivity contribution is -0.120. The third kappa shape index (κ3) is 5.14. The van der Waals surface area contributed by atoms with Crippen molar-refractivity contribution in [2.75, 3.05) is 31.0 Å². The van der Waals surface area contributed by atoms with Gasteiger partial charge in [0.1, 0.15) is 18.0 Å². The largest absolute Gasteiger partial charge is 0.495 e. The Morgan fingerprint density at radius 1 is 1.00 bits per heavy atom. The monoisotopic (exact) mass is 390 g/mol. The molecule has 2 amide bonds. The minimum Gasteiger partial charge on any atom is -0.495 e. The summed E-state index contributed by atoms with van der Waals surface area (Å²) in [5.74, 6) is 0.211. The Labute approximate surface area is 164 Å². The van der Waals surface area contributed by atoms with Gasteiger partial charge in [0.15, 0.2) is 0 Å². The third-order valence-electron chi connectivity index (χ3n) is 3.95. The highest BCUT2D eigenvalue weighted by Crippen LogP contribution is 2.35. The number of carbonyl (C=O) groups is 2. The third-order valence-corrected chi connectivity index (χ3v) is 4.24. The van der Waals surface area contributed by atoms with E-state index in [4.69, 9.17) is 21.1 Å². The second-order valence-electron chi connectivity index (χ2n) is 6.19. The number of carbonyl (C=O) groups excluding carboxylic acids is 2. The number of rotatable bonds is 6. The molecule has 2 aromatic rings. The topological polar surface area (TPSA) is 67.9 Å². The molecule has 0 saturated carbocycles. The summed E-state index contributed by atoms with van der Waals surface area (Å²) in [6, 6.07) is 8.88. The number of nitrogens with one attached hydrogen (secondary N) is 1. The number of amides is 2. The van der Waals surface area contributed by atoms with Crippen molar-refractivity contribution in [3.05, 3.63) is 46.5 Å². The first-order chi connectivity index (χ1) is 12.7. The minimum absolute atomic E-state index is 0.133. The zero-order chi connectivity index (χ0) is 20.1. The summed E-state index contributed by atoms with van der Waals surface area (Å²) in [5.41, 5.74) is 3.12. The SMILES string of the molecule is COc1cc(NC(=O)CN(C(C)=O)c2cc(C)cc(C)c2)c(OC)cc1Cl. The molecule has 0 aliphatic heterocycles. The van der Waals surface area contributed by atoms with E-state index < -0.39 is 0 Å². The maximum Gasteiger partial charge on any atom is 0.244 e. The molecule has 0 fully saturated rings. The van der Waals surface area contributed by atoms with Crippen LogP contribution in [0.5, 0.6) is 11.5 Å².